The zero-order valence-electron chi connectivity index (χ0n) is 14.1. The highest BCUT2D eigenvalue weighted by Gasteiger charge is 2.13. The lowest BCUT2D eigenvalue weighted by atomic mass is 10.3. The summed E-state index contributed by atoms with van der Waals surface area (Å²) in [6.07, 6.45) is 0. The van der Waals surface area contributed by atoms with Crippen LogP contribution in [-0.4, -0.2) is 28.0 Å². The number of imidazole rings is 1. The summed E-state index contributed by atoms with van der Waals surface area (Å²) in [5, 5.41) is 8.80. The van der Waals surface area contributed by atoms with E-state index in [1.807, 2.05) is 30.3 Å². The molecule has 0 saturated heterocycles. The number of aromatic amines is 1. The summed E-state index contributed by atoms with van der Waals surface area (Å²) in [4.78, 5) is 24.1. The highest BCUT2D eigenvalue weighted by Crippen LogP contribution is 2.23. The van der Waals surface area contributed by atoms with Crippen LogP contribution in [0.3, 0.4) is 0 Å². The molecule has 136 valence electrons. The average Bonchev–Trinajstić information content (AvgIpc) is 3.29. The van der Waals surface area contributed by atoms with Gasteiger partial charge in [0, 0.05) is 22.2 Å². The molecule has 0 aliphatic rings. The third-order valence-electron chi connectivity index (χ3n) is 3.75. The van der Waals surface area contributed by atoms with Gasteiger partial charge in [-0.05, 0) is 36.4 Å². The Labute approximate surface area is 163 Å². The molecular weight excluding hydrogens is 386 g/mol. The van der Waals surface area contributed by atoms with Gasteiger partial charge in [-0.2, -0.15) is 0 Å². The van der Waals surface area contributed by atoms with Crippen molar-refractivity contribution in [1.82, 2.24) is 15.0 Å². The van der Waals surface area contributed by atoms with E-state index in [4.69, 9.17) is 16.3 Å². The van der Waals surface area contributed by atoms with Crippen LogP contribution in [0.5, 0.6) is 5.75 Å². The Kier molecular flexibility index (Phi) is 4.66. The Morgan fingerprint density at radius 1 is 1.19 bits per heavy atom. The average molecular weight is 400 g/mol. The van der Waals surface area contributed by atoms with Crippen LogP contribution in [0.25, 0.3) is 11.0 Å². The third-order valence-corrected chi connectivity index (χ3v) is 4.76. The molecule has 0 unspecified atom stereocenters. The van der Waals surface area contributed by atoms with Crippen LogP contribution >= 0.6 is 22.9 Å². The van der Waals surface area contributed by atoms with Gasteiger partial charge in [0.2, 0.25) is 5.95 Å². The number of nitrogens with one attached hydrogen (secondary N) is 3. The van der Waals surface area contributed by atoms with Crippen LogP contribution in [0.15, 0.2) is 47.8 Å². The number of benzene rings is 2. The normalized spacial score (nSPS) is 10.7. The number of H-pyrrole nitrogens is 1. The van der Waals surface area contributed by atoms with Gasteiger partial charge in [-0.3, -0.25) is 10.1 Å². The molecule has 2 heterocycles. The standard InChI is InChI=1S/C18H14ClN5O2S/c1-26-12-6-7-13-14(8-12)22-17(21-13)24-16(25)15-9-27-18(23-15)20-11-4-2-10(19)3-5-11/h2-9H,1H3,(H,20,23)(H2,21,22,24,25). The largest absolute Gasteiger partial charge is 0.497 e. The molecule has 0 aliphatic carbocycles. The summed E-state index contributed by atoms with van der Waals surface area (Å²) in [6, 6.07) is 12.7. The Bertz CT molecular complexity index is 1110. The first-order chi connectivity index (χ1) is 13.1. The van der Waals surface area contributed by atoms with Crippen LogP contribution in [0, 0.1) is 0 Å². The number of hydrogen-bond acceptors (Lipinski definition) is 6. The number of rotatable bonds is 5. The summed E-state index contributed by atoms with van der Waals surface area (Å²) in [7, 11) is 1.60. The van der Waals surface area contributed by atoms with E-state index in [0.29, 0.717) is 27.5 Å². The molecule has 7 nitrogen and oxygen atoms in total. The first-order valence-electron chi connectivity index (χ1n) is 7.94. The molecule has 4 rings (SSSR count). The summed E-state index contributed by atoms with van der Waals surface area (Å²) in [5.41, 5.74) is 2.64. The van der Waals surface area contributed by atoms with E-state index in [0.717, 1.165) is 16.7 Å². The van der Waals surface area contributed by atoms with Crippen LogP contribution in [0.1, 0.15) is 10.5 Å². The zero-order valence-corrected chi connectivity index (χ0v) is 15.7. The second-order valence-corrected chi connectivity index (χ2v) is 6.89. The molecule has 0 fully saturated rings. The number of hydrogen-bond donors (Lipinski definition) is 3. The molecule has 9 heteroatoms. The van der Waals surface area contributed by atoms with Crippen molar-refractivity contribution in [2.45, 2.75) is 0 Å². The molecule has 0 bridgehead atoms. The maximum absolute atomic E-state index is 12.4. The van der Waals surface area contributed by atoms with Crippen molar-refractivity contribution < 1.29 is 9.53 Å². The van der Waals surface area contributed by atoms with E-state index >= 15 is 0 Å². The molecule has 2 aromatic carbocycles. The number of halogens is 1. The van der Waals surface area contributed by atoms with Crippen LogP contribution in [-0.2, 0) is 0 Å². The molecule has 27 heavy (non-hydrogen) atoms. The molecule has 2 aromatic heterocycles. The van der Waals surface area contributed by atoms with Crippen molar-refractivity contribution in [2.24, 2.45) is 0 Å². The van der Waals surface area contributed by atoms with Crippen molar-refractivity contribution in [3.63, 3.8) is 0 Å². The minimum absolute atomic E-state index is 0.300. The first kappa shape index (κ1) is 17.3. The monoisotopic (exact) mass is 399 g/mol. The van der Waals surface area contributed by atoms with Gasteiger partial charge in [-0.15, -0.1) is 11.3 Å². The summed E-state index contributed by atoms with van der Waals surface area (Å²) < 4.78 is 5.18. The van der Waals surface area contributed by atoms with Gasteiger partial charge < -0.3 is 15.0 Å². The van der Waals surface area contributed by atoms with Gasteiger partial charge in [0.25, 0.3) is 5.91 Å². The molecule has 3 N–H and O–H groups in total. The molecule has 0 saturated carbocycles. The lowest BCUT2D eigenvalue weighted by Crippen LogP contribution is -2.13. The van der Waals surface area contributed by atoms with Gasteiger partial charge >= 0.3 is 0 Å². The van der Waals surface area contributed by atoms with Crippen LogP contribution in [0.2, 0.25) is 5.02 Å². The highest BCUT2D eigenvalue weighted by atomic mass is 35.5. The van der Waals surface area contributed by atoms with Gasteiger partial charge in [0.05, 0.1) is 18.1 Å². The number of aromatic nitrogens is 3. The van der Waals surface area contributed by atoms with E-state index in [2.05, 4.69) is 25.6 Å². The predicted molar refractivity (Wildman–Crippen MR) is 107 cm³/mol. The maximum Gasteiger partial charge on any atom is 0.277 e. The van der Waals surface area contributed by atoms with Gasteiger partial charge in [-0.25, -0.2) is 9.97 Å². The molecule has 4 aromatic rings. The minimum atomic E-state index is -0.346. The quantitative estimate of drug-likeness (QED) is 0.453. The second kappa shape index (κ2) is 7.26. The first-order valence-corrected chi connectivity index (χ1v) is 9.20. The van der Waals surface area contributed by atoms with Crippen molar-refractivity contribution in [3.05, 3.63) is 58.6 Å². The summed E-state index contributed by atoms with van der Waals surface area (Å²) in [6.45, 7) is 0. The molecule has 0 spiro atoms. The maximum atomic E-state index is 12.4. The number of anilines is 3. The van der Waals surface area contributed by atoms with Gasteiger partial charge in [-0.1, -0.05) is 11.6 Å². The fourth-order valence-corrected chi connectivity index (χ4v) is 3.28. The van der Waals surface area contributed by atoms with Gasteiger partial charge in [0.15, 0.2) is 5.13 Å². The molecule has 0 aliphatic heterocycles. The van der Waals surface area contributed by atoms with Crippen molar-refractivity contribution in [2.75, 3.05) is 17.7 Å². The number of methoxy groups -OCH3 is 1. The molecule has 0 atom stereocenters. The second-order valence-electron chi connectivity index (χ2n) is 5.59. The van der Waals surface area contributed by atoms with Crippen molar-refractivity contribution in [3.8, 4) is 5.75 Å². The minimum Gasteiger partial charge on any atom is -0.497 e. The predicted octanol–water partition coefficient (Wildman–Crippen LogP) is 4.68. The Morgan fingerprint density at radius 3 is 2.78 bits per heavy atom. The number of carbonyl (C=O) groups excluding carboxylic acids is 1. The summed E-state index contributed by atoms with van der Waals surface area (Å²) in [5.74, 6) is 0.714. The van der Waals surface area contributed by atoms with E-state index in [1.54, 1.807) is 24.6 Å². The zero-order chi connectivity index (χ0) is 18.8. The van der Waals surface area contributed by atoms with Crippen molar-refractivity contribution >= 4 is 56.6 Å². The Morgan fingerprint density at radius 2 is 2.00 bits per heavy atom. The van der Waals surface area contributed by atoms with Crippen LogP contribution in [0.4, 0.5) is 16.8 Å². The molecule has 0 radical (unpaired) electrons. The number of amides is 1. The number of ether oxygens (including phenoxy) is 1. The topological polar surface area (TPSA) is 91.9 Å². The number of fused-ring (bicyclic) bond motifs is 1. The van der Waals surface area contributed by atoms with E-state index in [1.165, 1.54) is 11.3 Å². The van der Waals surface area contributed by atoms with E-state index in [9.17, 15) is 4.79 Å². The number of nitrogens with zero attached hydrogens (tertiary/aromatic N) is 2. The summed E-state index contributed by atoms with van der Waals surface area (Å²) >= 11 is 7.21. The van der Waals surface area contributed by atoms with Crippen LogP contribution < -0.4 is 15.4 Å². The fourth-order valence-electron chi connectivity index (χ4n) is 2.44. The molecule has 1 amide bonds. The third kappa shape index (κ3) is 3.86. The van der Waals surface area contributed by atoms with Gasteiger partial charge in [0.1, 0.15) is 11.4 Å². The van der Waals surface area contributed by atoms with Crippen molar-refractivity contribution in [1.29, 1.82) is 0 Å². The molecular formula is C18H14ClN5O2S. The lowest BCUT2D eigenvalue weighted by molar-refractivity contribution is 0.102. The SMILES string of the molecule is COc1ccc2nc(NC(=O)c3csc(Nc4ccc(Cl)cc4)n3)[nH]c2c1. The number of carbonyl (C=O) groups is 1. The van der Waals surface area contributed by atoms with E-state index in [-0.39, 0.29) is 5.91 Å². The fraction of sp³-hybridized carbons (Fsp3) is 0.0556. The Hall–Kier alpha value is -3.10. The number of thiazole rings is 1. The lowest BCUT2D eigenvalue weighted by Gasteiger charge is -2.02. The highest BCUT2D eigenvalue weighted by molar-refractivity contribution is 7.14. The Balaban J connectivity index is 1.47. The smallest absolute Gasteiger partial charge is 0.277 e. The van der Waals surface area contributed by atoms with E-state index < -0.39 is 0 Å².